The van der Waals surface area contributed by atoms with E-state index in [4.69, 9.17) is 0 Å². The van der Waals surface area contributed by atoms with E-state index < -0.39 is 0 Å². The van der Waals surface area contributed by atoms with E-state index in [9.17, 15) is 0 Å². The standard InChI is InChI=1S/C46H35BN2/c1-45(2)35-21-11-12-22-36(35)46(3,4)38-27-41-33(26-37(38)45)34-25-28-15-8-9-18-30(28)44-42(34)47(49(41)29-16-6-5-7-17-29)39-23-14-20-32-31-19-10-13-24-40(31)48(44)43(32)39/h5-27H,1-4H3. The molecule has 2 aliphatic heterocycles. The van der Waals surface area contributed by atoms with E-state index in [1.54, 1.807) is 0 Å². The topological polar surface area (TPSA) is 8.17 Å². The number of hydrogen-bond acceptors (Lipinski definition) is 1. The van der Waals surface area contributed by atoms with E-state index in [2.05, 4.69) is 177 Å². The summed E-state index contributed by atoms with van der Waals surface area (Å²) in [7, 11) is 0. The molecule has 3 aliphatic rings. The molecule has 8 aromatic rings. The van der Waals surface area contributed by atoms with Crippen LogP contribution >= 0.6 is 0 Å². The molecular formula is C46H35BN2. The quantitative estimate of drug-likeness (QED) is 0.165. The molecule has 0 radical (unpaired) electrons. The zero-order valence-corrected chi connectivity index (χ0v) is 28.3. The third-order valence-corrected chi connectivity index (χ3v) is 12.2. The largest absolute Gasteiger partial charge is 0.376 e. The lowest BCUT2D eigenvalue weighted by Gasteiger charge is -2.47. The van der Waals surface area contributed by atoms with Gasteiger partial charge in [-0.2, -0.15) is 0 Å². The molecule has 0 saturated heterocycles. The minimum absolute atomic E-state index is 0.00932. The van der Waals surface area contributed by atoms with Gasteiger partial charge in [-0.05, 0) is 80.5 Å². The summed E-state index contributed by atoms with van der Waals surface area (Å²) in [6.07, 6.45) is 0. The van der Waals surface area contributed by atoms with Crippen molar-refractivity contribution in [3.63, 3.8) is 0 Å². The normalized spacial score (nSPS) is 16.0. The fourth-order valence-corrected chi connectivity index (χ4v) is 9.92. The molecule has 11 rings (SSSR count). The summed E-state index contributed by atoms with van der Waals surface area (Å²) in [4.78, 5) is 2.66. The van der Waals surface area contributed by atoms with Gasteiger partial charge in [-0.3, -0.25) is 0 Å². The van der Waals surface area contributed by atoms with Crippen LogP contribution in [0.3, 0.4) is 0 Å². The average Bonchev–Trinajstić information content (AvgIpc) is 3.47. The Kier molecular flexibility index (Phi) is 5.10. The van der Waals surface area contributed by atoms with Gasteiger partial charge in [0, 0.05) is 43.9 Å². The Morgan fingerprint density at radius 3 is 1.92 bits per heavy atom. The Hall–Kier alpha value is -5.54. The lowest BCUT2D eigenvalue weighted by atomic mass is 9.43. The number of benzene rings is 7. The number of para-hydroxylation sites is 3. The monoisotopic (exact) mass is 626 g/mol. The van der Waals surface area contributed by atoms with Gasteiger partial charge in [0.15, 0.2) is 0 Å². The van der Waals surface area contributed by atoms with Crippen LogP contribution < -0.4 is 15.7 Å². The highest BCUT2D eigenvalue weighted by Crippen LogP contribution is 2.54. The van der Waals surface area contributed by atoms with Gasteiger partial charge in [-0.25, -0.2) is 0 Å². The van der Waals surface area contributed by atoms with Gasteiger partial charge < -0.3 is 9.38 Å². The van der Waals surface area contributed by atoms with Gasteiger partial charge >= 0.3 is 6.85 Å². The number of nitrogens with zero attached hydrogens (tertiary/aromatic N) is 2. The van der Waals surface area contributed by atoms with E-state index in [0.717, 1.165) is 0 Å². The molecule has 232 valence electrons. The van der Waals surface area contributed by atoms with Crippen molar-refractivity contribution in [3.05, 3.63) is 162 Å². The summed E-state index contributed by atoms with van der Waals surface area (Å²) in [6.45, 7) is 9.68. The molecule has 2 nitrogen and oxygen atoms in total. The Balaban J connectivity index is 1.35. The maximum atomic E-state index is 2.66. The van der Waals surface area contributed by atoms with E-state index in [-0.39, 0.29) is 17.7 Å². The molecule has 3 heterocycles. The zero-order valence-electron chi connectivity index (χ0n) is 28.3. The van der Waals surface area contributed by atoms with Crippen LogP contribution in [0.5, 0.6) is 0 Å². The highest BCUT2D eigenvalue weighted by molar-refractivity contribution is 6.94. The van der Waals surface area contributed by atoms with Gasteiger partial charge in [0.1, 0.15) is 0 Å². The van der Waals surface area contributed by atoms with E-state index >= 15 is 0 Å². The highest BCUT2D eigenvalue weighted by Gasteiger charge is 2.47. The molecule has 0 N–H and O–H groups in total. The van der Waals surface area contributed by atoms with Crippen LogP contribution in [0.15, 0.2) is 140 Å². The molecule has 0 atom stereocenters. The molecule has 7 aromatic carbocycles. The van der Waals surface area contributed by atoms with Gasteiger partial charge in [0.2, 0.25) is 0 Å². The summed E-state index contributed by atoms with van der Waals surface area (Å²) in [5, 5.41) is 5.20. The Morgan fingerprint density at radius 2 is 1.14 bits per heavy atom. The predicted molar refractivity (Wildman–Crippen MR) is 208 cm³/mol. The molecule has 1 aliphatic carbocycles. The molecule has 1 aromatic heterocycles. The molecule has 0 saturated carbocycles. The van der Waals surface area contributed by atoms with E-state index in [1.807, 2.05) is 0 Å². The predicted octanol–water partition coefficient (Wildman–Crippen LogP) is 10.1. The first-order valence-electron chi connectivity index (χ1n) is 17.6. The van der Waals surface area contributed by atoms with Crippen molar-refractivity contribution in [1.29, 1.82) is 0 Å². The maximum absolute atomic E-state index is 2.66. The fraction of sp³-hybridized carbons (Fsp3) is 0.130. The van der Waals surface area contributed by atoms with Crippen molar-refractivity contribution in [1.82, 2.24) is 4.57 Å². The Labute approximate surface area is 287 Å². The van der Waals surface area contributed by atoms with E-state index in [0.29, 0.717) is 0 Å². The van der Waals surface area contributed by atoms with Crippen molar-refractivity contribution in [2.24, 2.45) is 0 Å². The van der Waals surface area contributed by atoms with Crippen LogP contribution in [0.2, 0.25) is 0 Å². The number of fused-ring (bicyclic) bond motifs is 11. The van der Waals surface area contributed by atoms with Gasteiger partial charge in [0.05, 0.1) is 16.7 Å². The number of rotatable bonds is 1. The molecule has 0 unspecified atom stereocenters. The molecule has 0 amide bonds. The summed E-state index contributed by atoms with van der Waals surface area (Å²) in [5.74, 6) is 0. The fourth-order valence-electron chi connectivity index (χ4n) is 9.92. The Bertz CT molecular complexity index is 2730. The van der Waals surface area contributed by atoms with Crippen LogP contribution in [0.1, 0.15) is 49.9 Å². The number of aromatic nitrogens is 1. The highest BCUT2D eigenvalue weighted by atomic mass is 15.1. The summed E-state index contributed by atoms with van der Waals surface area (Å²) >= 11 is 0. The smallest absolute Gasteiger partial charge is 0.333 e. The third-order valence-electron chi connectivity index (χ3n) is 12.2. The van der Waals surface area contributed by atoms with Crippen LogP contribution in [0.25, 0.3) is 49.4 Å². The van der Waals surface area contributed by atoms with Crippen molar-refractivity contribution >= 4 is 61.7 Å². The average molecular weight is 627 g/mol. The molecule has 3 heteroatoms. The van der Waals surface area contributed by atoms with Crippen LogP contribution in [0, 0.1) is 0 Å². The Morgan fingerprint density at radius 1 is 0.510 bits per heavy atom. The second-order valence-corrected chi connectivity index (χ2v) is 15.3. The summed E-state index contributed by atoms with van der Waals surface area (Å²) < 4.78 is 2.59. The minimum atomic E-state index is -0.146. The second kappa shape index (κ2) is 9.12. The van der Waals surface area contributed by atoms with Gasteiger partial charge in [-0.1, -0.05) is 131 Å². The lowest BCUT2D eigenvalue weighted by molar-refractivity contribution is 0.521. The van der Waals surface area contributed by atoms with Crippen molar-refractivity contribution in [3.8, 4) is 16.8 Å². The SMILES string of the molecule is CC1(C)c2ccccc2C(C)(C)c2cc3c(cc21)-c1cc2ccccc2c2c1B(c1cccc4c5ccccc5n-2c14)N3c1ccccc1. The van der Waals surface area contributed by atoms with Gasteiger partial charge in [0.25, 0.3) is 0 Å². The molecular weight excluding hydrogens is 591 g/mol. The molecule has 0 bridgehead atoms. The van der Waals surface area contributed by atoms with Crippen LogP contribution in [0.4, 0.5) is 11.4 Å². The zero-order chi connectivity index (χ0) is 32.8. The molecule has 0 spiro atoms. The summed E-state index contributed by atoms with van der Waals surface area (Å²) in [6, 6.07) is 52.8. The molecule has 49 heavy (non-hydrogen) atoms. The van der Waals surface area contributed by atoms with Crippen molar-refractivity contribution < 1.29 is 0 Å². The van der Waals surface area contributed by atoms with Crippen molar-refractivity contribution in [2.45, 2.75) is 38.5 Å². The summed E-state index contributed by atoms with van der Waals surface area (Å²) in [5.41, 5.74) is 17.2. The lowest BCUT2D eigenvalue weighted by Crippen LogP contribution is -2.60. The van der Waals surface area contributed by atoms with Crippen LogP contribution in [-0.2, 0) is 10.8 Å². The second-order valence-electron chi connectivity index (χ2n) is 15.3. The first-order valence-corrected chi connectivity index (χ1v) is 17.6. The van der Waals surface area contributed by atoms with E-state index in [1.165, 1.54) is 93.9 Å². The number of anilines is 2. The van der Waals surface area contributed by atoms with Gasteiger partial charge in [-0.15, -0.1) is 0 Å². The first kappa shape index (κ1) is 27.4. The number of hydrogen-bond donors (Lipinski definition) is 0. The third kappa shape index (κ3) is 3.29. The minimum Gasteiger partial charge on any atom is -0.376 e. The van der Waals surface area contributed by atoms with Crippen molar-refractivity contribution in [2.75, 3.05) is 4.81 Å². The molecule has 0 fully saturated rings. The maximum Gasteiger partial charge on any atom is 0.333 e. The first-order chi connectivity index (χ1) is 23.9. The van der Waals surface area contributed by atoms with Crippen LogP contribution in [-0.4, -0.2) is 11.4 Å².